The van der Waals surface area contributed by atoms with Crippen LogP contribution in [0.3, 0.4) is 0 Å². The molecule has 0 radical (unpaired) electrons. The van der Waals surface area contributed by atoms with Gasteiger partial charge < -0.3 is 5.73 Å². The van der Waals surface area contributed by atoms with Crippen LogP contribution in [0.1, 0.15) is 11.1 Å². The Morgan fingerprint density at radius 1 is 1.11 bits per heavy atom. The Labute approximate surface area is 108 Å². The molecular weight excluding hydrogens is 226 g/mol. The molecule has 0 unspecified atom stereocenters. The maximum atomic E-state index is 10.8. The van der Waals surface area contributed by atoms with Crippen molar-refractivity contribution in [3.8, 4) is 0 Å². The van der Waals surface area contributed by atoms with Crippen LogP contribution in [0.4, 0.5) is 0 Å². The second-order valence-corrected chi connectivity index (χ2v) is 5.00. The van der Waals surface area contributed by atoms with Crippen molar-refractivity contribution < 1.29 is 4.79 Å². The van der Waals surface area contributed by atoms with Gasteiger partial charge in [-0.15, -0.1) is 0 Å². The van der Waals surface area contributed by atoms with Crippen molar-refractivity contribution in [1.82, 2.24) is 9.80 Å². The summed E-state index contributed by atoms with van der Waals surface area (Å²) in [7, 11) is 0. The summed E-state index contributed by atoms with van der Waals surface area (Å²) in [4.78, 5) is 15.4. The molecule has 1 amide bonds. The van der Waals surface area contributed by atoms with E-state index >= 15 is 0 Å². The summed E-state index contributed by atoms with van der Waals surface area (Å²) in [5.41, 5.74) is 7.85. The van der Waals surface area contributed by atoms with Gasteiger partial charge in [-0.3, -0.25) is 14.6 Å². The first-order valence-electron chi connectivity index (χ1n) is 6.42. The van der Waals surface area contributed by atoms with Gasteiger partial charge >= 0.3 is 0 Å². The molecular formula is C14H21N3O. The fourth-order valence-electron chi connectivity index (χ4n) is 2.28. The van der Waals surface area contributed by atoms with Gasteiger partial charge in [-0.25, -0.2) is 0 Å². The van der Waals surface area contributed by atoms with Gasteiger partial charge in [-0.1, -0.05) is 29.8 Å². The van der Waals surface area contributed by atoms with Crippen molar-refractivity contribution in [2.75, 3.05) is 32.7 Å². The highest BCUT2D eigenvalue weighted by atomic mass is 16.1. The molecule has 0 aromatic heterocycles. The molecule has 0 atom stereocenters. The van der Waals surface area contributed by atoms with Crippen LogP contribution in [-0.2, 0) is 11.3 Å². The SMILES string of the molecule is Cc1ccc(CN2CCN(CC(N)=O)CC2)cc1. The number of nitrogens with zero attached hydrogens (tertiary/aromatic N) is 2. The molecule has 1 aromatic carbocycles. The van der Waals surface area contributed by atoms with E-state index in [4.69, 9.17) is 5.73 Å². The van der Waals surface area contributed by atoms with Crippen molar-refractivity contribution in [3.63, 3.8) is 0 Å². The van der Waals surface area contributed by atoms with E-state index in [1.54, 1.807) is 0 Å². The molecule has 18 heavy (non-hydrogen) atoms. The zero-order valence-corrected chi connectivity index (χ0v) is 10.9. The van der Waals surface area contributed by atoms with Crippen molar-refractivity contribution in [3.05, 3.63) is 35.4 Å². The second kappa shape index (κ2) is 5.98. The van der Waals surface area contributed by atoms with Crippen LogP contribution >= 0.6 is 0 Å². The number of piperazine rings is 1. The van der Waals surface area contributed by atoms with Gasteiger partial charge in [0.2, 0.25) is 5.91 Å². The highest BCUT2D eigenvalue weighted by Crippen LogP contribution is 2.09. The Balaban J connectivity index is 1.79. The van der Waals surface area contributed by atoms with Gasteiger partial charge in [0.15, 0.2) is 0 Å². The minimum atomic E-state index is -0.234. The first-order chi connectivity index (χ1) is 8.63. The number of carbonyl (C=O) groups excluding carboxylic acids is 1. The number of primary amides is 1. The van der Waals surface area contributed by atoms with Crippen LogP contribution in [0.2, 0.25) is 0 Å². The molecule has 2 N–H and O–H groups in total. The van der Waals surface area contributed by atoms with Crippen LogP contribution in [0.25, 0.3) is 0 Å². The average Bonchev–Trinajstić information content (AvgIpc) is 2.34. The third-order valence-electron chi connectivity index (χ3n) is 3.37. The molecule has 0 spiro atoms. The largest absolute Gasteiger partial charge is 0.369 e. The van der Waals surface area contributed by atoms with Gasteiger partial charge in [0, 0.05) is 32.7 Å². The number of amides is 1. The van der Waals surface area contributed by atoms with E-state index in [2.05, 4.69) is 41.0 Å². The lowest BCUT2D eigenvalue weighted by atomic mass is 10.1. The molecule has 1 aromatic rings. The number of rotatable bonds is 4. The van der Waals surface area contributed by atoms with Gasteiger partial charge in [0.1, 0.15) is 0 Å². The monoisotopic (exact) mass is 247 g/mol. The third-order valence-corrected chi connectivity index (χ3v) is 3.37. The summed E-state index contributed by atoms with van der Waals surface area (Å²) in [6.45, 7) is 7.33. The molecule has 0 bridgehead atoms. The van der Waals surface area contributed by atoms with Crippen LogP contribution in [0.15, 0.2) is 24.3 Å². The molecule has 0 aliphatic carbocycles. The van der Waals surface area contributed by atoms with Crippen LogP contribution in [0, 0.1) is 6.92 Å². The number of aryl methyl sites for hydroxylation is 1. The summed E-state index contributed by atoms with van der Waals surface area (Å²) >= 11 is 0. The Hall–Kier alpha value is -1.39. The Kier molecular flexibility index (Phi) is 4.33. The van der Waals surface area contributed by atoms with E-state index in [1.807, 2.05) is 0 Å². The molecule has 1 aliphatic heterocycles. The maximum Gasteiger partial charge on any atom is 0.231 e. The first kappa shape index (κ1) is 13.1. The molecule has 98 valence electrons. The Morgan fingerprint density at radius 2 is 1.67 bits per heavy atom. The van der Waals surface area contributed by atoms with E-state index in [9.17, 15) is 4.79 Å². The fourth-order valence-corrected chi connectivity index (χ4v) is 2.28. The van der Waals surface area contributed by atoms with E-state index in [-0.39, 0.29) is 5.91 Å². The lowest BCUT2D eigenvalue weighted by Gasteiger charge is -2.34. The first-order valence-corrected chi connectivity index (χ1v) is 6.42. The van der Waals surface area contributed by atoms with Crippen LogP contribution < -0.4 is 5.73 Å². The highest BCUT2D eigenvalue weighted by Gasteiger charge is 2.17. The lowest BCUT2D eigenvalue weighted by molar-refractivity contribution is -0.119. The summed E-state index contributed by atoms with van der Waals surface area (Å²) < 4.78 is 0. The van der Waals surface area contributed by atoms with Crippen molar-refractivity contribution >= 4 is 5.91 Å². The lowest BCUT2D eigenvalue weighted by Crippen LogP contribution is -2.48. The summed E-state index contributed by atoms with van der Waals surface area (Å²) in [6.07, 6.45) is 0. The van der Waals surface area contributed by atoms with Crippen LogP contribution in [-0.4, -0.2) is 48.4 Å². The zero-order chi connectivity index (χ0) is 13.0. The Morgan fingerprint density at radius 3 is 2.22 bits per heavy atom. The third kappa shape index (κ3) is 3.82. The van der Waals surface area contributed by atoms with Crippen molar-refractivity contribution in [2.24, 2.45) is 5.73 Å². The number of benzene rings is 1. The molecule has 0 saturated carbocycles. The minimum absolute atomic E-state index is 0.234. The number of nitrogens with two attached hydrogens (primary N) is 1. The number of carbonyl (C=O) groups is 1. The smallest absolute Gasteiger partial charge is 0.231 e. The quantitative estimate of drug-likeness (QED) is 0.847. The van der Waals surface area contributed by atoms with E-state index in [0.717, 1.165) is 32.7 Å². The van der Waals surface area contributed by atoms with Gasteiger partial charge in [0.25, 0.3) is 0 Å². The van der Waals surface area contributed by atoms with Gasteiger partial charge in [-0.2, -0.15) is 0 Å². The van der Waals surface area contributed by atoms with Crippen LogP contribution in [0.5, 0.6) is 0 Å². The zero-order valence-electron chi connectivity index (χ0n) is 10.9. The predicted octanol–water partition coefficient (Wildman–Crippen LogP) is 0.598. The van der Waals surface area contributed by atoms with Gasteiger partial charge in [0.05, 0.1) is 6.54 Å². The number of hydrogen-bond donors (Lipinski definition) is 1. The maximum absolute atomic E-state index is 10.8. The highest BCUT2D eigenvalue weighted by molar-refractivity contribution is 5.75. The second-order valence-electron chi connectivity index (χ2n) is 5.00. The van der Waals surface area contributed by atoms with Gasteiger partial charge in [-0.05, 0) is 12.5 Å². The molecule has 1 heterocycles. The van der Waals surface area contributed by atoms with E-state index < -0.39 is 0 Å². The van der Waals surface area contributed by atoms with E-state index in [0.29, 0.717) is 6.54 Å². The predicted molar refractivity (Wildman–Crippen MR) is 72.1 cm³/mol. The molecule has 1 fully saturated rings. The fraction of sp³-hybridized carbons (Fsp3) is 0.500. The minimum Gasteiger partial charge on any atom is -0.369 e. The summed E-state index contributed by atoms with van der Waals surface area (Å²) in [5, 5.41) is 0. The molecule has 1 aliphatic rings. The standard InChI is InChI=1S/C14H21N3O/c1-12-2-4-13(5-3-12)10-16-6-8-17(9-7-16)11-14(15)18/h2-5H,6-11H2,1H3,(H2,15,18). The topological polar surface area (TPSA) is 49.6 Å². The molecule has 4 nitrogen and oxygen atoms in total. The van der Waals surface area contributed by atoms with Crippen molar-refractivity contribution in [2.45, 2.75) is 13.5 Å². The molecule has 4 heteroatoms. The normalized spacial score (nSPS) is 17.8. The van der Waals surface area contributed by atoms with E-state index in [1.165, 1.54) is 11.1 Å². The Bertz CT molecular complexity index is 394. The average molecular weight is 247 g/mol. The molecule has 1 saturated heterocycles. The van der Waals surface area contributed by atoms with Crippen molar-refractivity contribution in [1.29, 1.82) is 0 Å². The number of hydrogen-bond acceptors (Lipinski definition) is 3. The summed E-state index contributed by atoms with van der Waals surface area (Å²) in [5.74, 6) is -0.234. The molecule has 2 rings (SSSR count). The summed E-state index contributed by atoms with van der Waals surface area (Å²) in [6, 6.07) is 8.67.